The first-order chi connectivity index (χ1) is 15.2. The lowest BCUT2D eigenvalue weighted by Crippen LogP contribution is -2.75. The number of halogens is 6. The average Bonchev–Trinajstić information content (AvgIpc) is 2.74. The molecule has 4 aromatic rings. The molecule has 4 aromatic carbocycles. The van der Waals surface area contributed by atoms with Crippen LogP contribution in [0.25, 0.3) is 0 Å². The second kappa shape index (κ2) is 8.22. The highest BCUT2D eigenvalue weighted by atomic mass is 19.4. The maximum Gasteiger partial charge on any atom is 0.416 e. The molecule has 0 aliphatic carbocycles. The third-order valence-electron chi connectivity index (χ3n) is 5.78. The fourth-order valence-electron chi connectivity index (χ4n) is 4.44. The Kier molecular flexibility index (Phi) is 5.59. The summed E-state index contributed by atoms with van der Waals surface area (Å²) in [5.74, 6) is -1.73. The lowest BCUT2D eigenvalue weighted by atomic mass is 9.13. The van der Waals surface area contributed by atoms with Crippen molar-refractivity contribution in [2.45, 2.75) is 6.18 Å². The first-order valence-electron chi connectivity index (χ1n) is 9.82. The van der Waals surface area contributed by atoms with E-state index in [1.54, 1.807) is 18.2 Å². The van der Waals surface area contributed by atoms with Crippen LogP contribution >= 0.6 is 0 Å². The zero-order chi connectivity index (χ0) is 22.9. The van der Waals surface area contributed by atoms with Crippen LogP contribution in [0.1, 0.15) is 5.56 Å². The standard InChI is InChI=1S/C25H16BF6/c27-22-7-1-4-19(14-22)26(20-5-2-8-23(28)15-20,21-6-3-9-24(29)16-21)18-12-10-17(11-13-18)25(30,31)32/h1-16H/q-1. The van der Waals surface area contributed by atoms with Crippen LogP contribution in [-0.2, 0) is 6.18 Å². The van der Waals surface area contributed by atoms with Crippen molar-refractivity contribution in [3.63, 3.8) is 0 Å². The predicted octanol–water partition coefficient (Wildman–Crippen LogP) is 4.50. The van der Waals surface area contributed by atoms with Gasteiger partial charge in [0.25, 0.3) is 0 Å². The molecular formula is C25H16BF6-. The van der Waals surface area contributed by atoms with Gasteiger partial charge in [0.2, 0.25) is 0 Å². The minimum absolute atomic E-state index is 0.361. The zero-order valence-electron chi connectivity index (χ0n) is 16.6. The molecule has 0 fully saturated rings. The van der Waals surface area contributed by atoms with Crippen molar-refractivity contribution in [1.29, 1.82) is 0 Å². The fourth-order valence-corrected chi connectivity index (χ4v) is 4.44. The Morgan fingerprint density at radius 2 is 0.844 bits per heavy atom. The third kappa shape index (κ3) is 3.90. The maximum atomic E-state index is 14.3. The molecule has 0 N–H and O–H groups in total. The van der Waals surface area contributed by atoms with Crippen molar-refractivity contribution < 1.29 is 26.3 Å². The van der Waals surface area contributed by atoms with Gasteiger partial charge >= 0.3 is 6.18 Å². The van der Waals surface area contributed by atoms with E-state index in [0.717, 1.165) is 12.1 Å². The van der Waals surface area contributed by atoms with E-state index in [2.05, 4.69) is 0 Å². The van der Waals surface area contributed by atoms with Gasteiger partial charge in [0.15, 0.2) is 0 Å². The molecule has 0 nitrogen and oxygen atoms in total. The number of hydrogen-bond donors (Lipinski definition) is 0. The quantitative estimate of drug-likeness (QED) is 0.323. The van der Waals surface area contributed by atoms with Crippen LogP contribution < -0.4 is 21.9 Å². The highest BCUT2D eigenvalue weighted by Gasteiger charge is 2.34. The van der Waals surface area contributed by atoms with Gasteiger partial charge in [-0.25, -0.2) is 13.2 Å². The van der Waals surface area contributed by atoms with Crippen molar-refractivity contribution in [2.24, 2.45) is 0 Å². The number of benzene rings is 4. The SMILES string of the molecule is Fc1cccc([B-](c2ccc(C(F)(F)F)cc2)(c2cccc(F)c2)c2cccc(F)c2)c1. The fraction of sp³-hybridized carbons (Fsp3) is 0.0400. The molecule has 0 saturated carbocycles. The zero-order valence-corrected chi connectivity index (χ0v) is 16.6. The van der Waals surface area contributed by atoms with Crippen LogP contribution in [0.15, 0.2) is 97.1 Å². The number of rotatable bonds is 4. The van der Waals surface area contributed by atoms with E-state index < -0.39 is 35.3 Å². The van der Waals surface area contributed by atoms with Gasteiger partial charge in [-0.3, -0.25) is 0 Å². The van der Waals surface area contributed by atoms with Crippen LogP contribution in [0.3, 0.4) is 0 Å². The van der Waals surface area contributed by atoms with Gasteiger partial charge in [0, 0.05) is 0 Å². The molecular weight excluding hydrogens is 425 g/mol. The van der Waals surface area contributed by atoms with E-state index in [4.69, 9.17) is 0 Å². The molecule has 0 aliphatic rings. The van der Waals surface area contributed by atoms with E-state index >= 15 is 0 Å². The molecule has 0 aromatic heterocycles. The Balaban J connectivity index is 2.12. The van der Waals surface area contributed by atoms with E-state index in [9.17, 15) is 26.3 Å². The van der Waals surface area contributed by atoms with Crippen molar-refractivity contribution in [3.05, 3.63) is 120 Å². The van der Waals surface area contributed by atoms with Crippen molar-refractivity contribution >= 4 is 28.0 Å². The van der Waals surface area contributed by atoms with Crippen LogP contribution in [-0.4, -0.2) is 6.15 Å². The van der Waals surface area contributed by atoms with Gasteiger partial charge < -0.3 is 0 Å². The second-order valence-corrected chi connectivity index (χ2v) is 7.65. The molecule has 0 saturated heterocycles. The lowest BCUT2D eigenvalue weighted by Gasteiger charge is -2.44. The number of alkyl halides is 3. The Hall–Kier alpha value is -3.48. The molecule has 0 bridgehead atoms. The van der Waals surface area contributed by atoms with Gasteiger partial charge in [0.1, 0.15) is 23.6 Å². The van der Waals surface area contributed by atoms with E-state index in [-0.39, 0.29) is 0 Å². The Morgan fingerprint density at radius 1 is 0.469 bits per heavy atom. The van der Waals surface area contributed by atoms with Crippen molar-refractivity contribution in [2.75, 3.05) is 0 Å². The highest BCUT2D eigenvalue weighted by Crippen LogP contribution is 2.28. The Labute approximate surface area is 181 Å². The molecule has 0 heterocycles. The summed E-state index contributed by atoms with van der Waals surface area (Å²) in [6.45, 7) is 0. The maximum absolute atomic E-state index is 14.3. The summed E-state index contributed by atoms with van der Waals surface area (Å²) >= 11 is 0. The van der Waals surface area contributed by atoms with E-state index in [1.807, 2.05) is 0 Å². The van der Waals surface area contributed by atoms with Gasteiger partial charge in [-0.15, -0.1) is 0 Å². The molecule has 0 radical (unpaired) electrons. The highest BCUT2D eigenvalue weighted by molar-refractivity contribution is 7.19. The molecule has 7 heteroatoms. The molecule has 4 rings (SSSR count). The summed E-state index contributed by atoms with van der Waals surface area (Å²) in [6, 6.07) is 21.0. The molecule has 0 spiro atoms. The minimum Gasteiger partial charge on any atom is -0.207 e. The molecule has 162 valence electrons. The summed E-state index contributed by atoms with van der Waals surface area (Å²) in [5, 5.41) is 0. The van der Waals surface area contributed by atoms with Gasteiger partial charge in [-0.2, -0.15) is 35.0 Å². The average molecular weight is 441 g/mol. The monoisotopic (exact) mass is 441 g/mol. The topological polar surface area (TPSA) is 0 Å². The van der Waals surface area contributed by atoms with Crippen molar-refractivity contribution in [3.8, 4) is 0 Å². The smallest absolute Gasteiger partial charge is 0.207 e. The number of hydrogen-bond acceptors (Lipinski definition) is 0. The Morgan fingerprint density at radius 3 is 1.16 bits per heavy atom. The van der Waals surface area contributed by atoms with Gasteiger partial charge in [0.05, 0.1) is 5.56 Å². The van der Waals surface area contributed by atoms with E-state index in [0.29, 0.717) is 21.9 Å². The summed E-state index contributed by atoms with van der Waals surface area (Å²) in [7, 11) is 0. The largest absolute Gasteiger partial charge is 0.416 e. The summed E-state index contributed by atoms with van der Waals surface area (Å²) < 4.78 is 82.6. The summed E-state index contributed by atoms with van der Waals surface area (Å²) in [4.78, 5) is 0. The van der Waals surface area contributed by atoms with Crippen LogP contribution in [0, 0.1) is 17.5 Å². The molecule has 32 heavy (non-hydrogen) atoms. The molecule has 0 aliphatic heterocycles. The van der Waals surface area contributed by atoms with E-state index in [1.165, 1.54) is 66.7 Å². The first kappa shape index (κ1) is 21.7. The lowest BCUT2D eigenvalue weighted by molar-refractivity contribution is -0.137. The van der Waals surface area contributed by atoms with Crippen LogP contribution in [0.5, 0.6) is 0 Å². The Bertz CT molecular complexity index is 1140. The van der Waals surface area contributed by atoms with Crippen molar-refractivity contribution in [1.82, 2.24) is 0 Å². The minimum atomic E-state index is -4.55. The normalized spacial score (nSPS) is 12.1. The van der Waals surface area contributed by atoms with Crippen LogP contribution in [0.2, 0.25) is 0 Å². The first-order valence-corrected chi connectivity index (χ1v) is 9.82. The molecule has 0 amide bonds. The second-order valence-electron chi connectivity index (χ2n) is 7.65. The summed E-state index contributed by atoms with van der Waals surface area (Å²) in [5.41, 5.74) is 0.631. The van der Waals surface area contributed by atoms with Gasteiger partial charge in [-0.1, -0.05) is 78.9 Å². The molecule has 0 atom stereocenters. The predicted molar refractivity (Wildman–Crippen MR) is 115 cm³/mol. The molecule has 0 unspecified atom stereocenters. The third-order valence-corrected chi connectivity index (χ3v) is 5.78. The summed E-state index contributed by atoms with van der Waals surface area (Å²) in [6.07, 6.45) is -6.97. The van der Waals surface area contributed by atoms with Crippen LogP contribution in [0.4, 0.5) is 26.3 Å². The van der Waals surface area contributed by atoms with Gasteiger partial charge in [-0.05, 0) is 18.2 Å².